The lowest BCUT2D eigenvalue weighted by atomic mass is 9.79. The summed E-state index contributed by atoms with van der Waals surface area (Å²) in [6, 6.07) is 10.2. The van der Waals surface area contributed by atoms with Crippen LogP contribution < -0.4 is 5.32 Å². The number of thioether (sulfide) groups is 1. The first-order valence-corrected chi connectivity index (χ1v) is 9.22. The molecule has 2 heteroatoms. The fourth-order valence-corrected chi connectivity index (χ4v) is 3.74. The van der Waals surface area contributed by atoms with Crippen LogP contribution in [0.4, 0.5) is 0 Å². The van der Waals surface area contributed by atoms with Crippen LogP contribution in [-0.4, -0.2) is 12.3 Å². The smallest absolute Gasteiger partial charge is 0.0294 e. The average Bonchev–Trinajstić information content (AvgIpc) is 2.47. The van der Waals surface area contributed by atoms with Crippen LogP contribution in [0.15, 0.2) is 29.2 Å². The highest BCUT2D eigenvalue weighted by Crippen LogP contribution is 2.31. The molecule has 1 saturated carbocycles. The van der Waals surface area contributed by atoms with Gasteiger partial charge >= 0.3 is 0 Å². The molecule has 0 radical (unpaired) electrons. The van der Waals surface area contributed by atoms with Gasteiger partial charge in [0.05, 0.1) is 0 Å². The van der Waals surface area contributed by atoms with Gasteiger partial charge in [0.1, 0.15) is 0 Å². The molecule has 0 amide bonds. The highest BCUT2D eigenvalue weighted by molar-refractivity contribution is 7.98. The standard InChI is InChI=1S/C18H29NS/c1-13(2)16-6-5-7-17(12-16)19-14(3)15-8-10-18(20-4)11-9-15/h8-11,13-14,16-17,19H,5-7,12H2,1-4H3. The molecule has 1 nitrogen and oxygen atoms in total. The molecular formula is C18H29NS. The summed E-state index contributed by atoms with van der Waals surface area (Å²) in [6.07, 6.45) is 7.64. The predicted molar refractivity (Wildman–Crippen MR) is 90.4 cm³/mol. The van der Waals surface area contributed by atoms with Crippen molar-refractivity contribution < 1.29 is 0 Å². The molecule has 1 aromatic carbocycles. The molecule has 0 aliphatic heterocycles. The van der Waals surface area contributed by atoms with Gasteiger partial charge in [0.25, 0.3) is 0 Å². The van der Waals surface area contributed by atoms with Gasteiger partial charge in [-0.15, -0.1) is 11.8 Å². The van der Waals surface area contributed by atoms with E-state index < -0.39 is 0 Å². The zero-order valence-corrected chi connectivity index (χ0v) is 14.2. The largest absolute Gasteiger partial charge is 0.307 e. The molecular weight excluding hydrogens is 262 g/mol. The second-order valence-corrected chi connectivity index (χ2v) is 7.41. The summed E-state index contributed by atoms with van der Waals surface area (Å²) in [4.78, 5) is 1.35. The van der Waals surface area contributed by atoms with Crippen LogP contribution in [0, 0.1) is 11.8 Å². The van der Waals surface area contributed by atoms with Crippen molar-refractivity contribution in [2.24, 2.45) is 11.8 Å². The minimum atomic E-state index is 0.460. The summed E-state index contributed by atoms with van der Waals surface area (Å²) in [6.45, 7) is 7.04. The topological polar surface area (TPSA) is 12.0 Å². The Morgan fingerprint density at radius 2 is 1.80 bits per heavy atom. The summed E-state index contributed by atoms with van der Waals surface area (Å²) >= 11 is 1.81. The summed E-state index contributed by atoms with van der Waals surface area (Å²) in [7, 11) is 0. The summed E-state index contributed by atoms with van der Waals surface area (Å²) in [5, 5.41) is 3.85. The predicted octanol–water partition coefficient (Wildman–Crippen LogP) is 5.27. The van der Waals surface area contributed by atoms with Gasteiger partial charge in [0.15, 0.2) is 0 Å². The molecule has 1 aliphatic carbocycles. The third kappa shape index (κ3) is 4.26. The van der Waals surface area contributed by atoms with Gasteiger partial charge < -0.3 is 5.32 Å². The van der Waals surface area contributed by atoms with Gasteiger partial charge in [-0.05, 0) is 55.6 Å². The minimum absolute atomic E-state index is 0.460. The van der Waals surface area contributed by atoms with Crippen molar-refractivity contribution >= 4 is 11.8 Å². The van der Waals surface area contributed by atoms with E-state index in [1.807, 2.05) is 11.8 Å². The second-order valence-electron chi connectivity index (χ2n) is 6.53. The van der Waals surface area contributed by atoms with Gasteiger partial charge in [0, 0.05) is 17.0 Å². The van der Waals surface area contributed by atoms with Crippen molar-refractivity contribution in [1.29, 1.82) is 0 Å². The van der Waals surface area contributed by atoms with E-state index in [0.717, 1.165) is 11.8 Å². The molecule has 1 aliphatic rings. The maximum absolute atomic E-state index is 3.85. The number of rotatable bonds is 5. The first kappa shape index (κ1) is 15.9. The molecule has 1 N–H and O–H groups in total. The second kappa shape index (κ2) is 7.51. The molecule has 112 valence electrons. The van der Waals surface area contributed by atoms with Crippen LogP contribution in [0.3, 0.4) is 0 Å². The monoisotopic (exact) mass is 291 g/mol. The number of benzene rings is 1. The van der Waals surface area contributed by atoms with E-state index in [1.54, 1.807) is 0 Å². The highest BCUT2D eigenvalue weighted by atomic mass is 32.2. The Hall–Kier alpha value is -0.470. The maximum atomic E-state index is 3.85. The van der Waals surface area contributed by atoms with Gasteiger partial charge in [-0.25, -0.2) is 0 Å². The molecule has 0 heterocycles. The van der Waals surface area contributed by atoms with Gasteiger partial charge in [-0.2, -0.15) is 0 Å². The molecule has 0 aromatic heterocycles. The van der Waals surface area contributed by atoms with Crippen molar-refractivity contribution in [1.82, 2.24) is 5.32 Å². The highest BCUT2D eigenvalue weighted by Gasteiger charge is 2.25. The molecule has 0 saturated heterocycles. The van der Waals surface area contributed by atoms with E-state index in [4.69, 9.17) is 0 Å². The van der Waals surface area contributed by atoms with E-state index in [1.165, 1.54) is 36.1 Å². The summed E-state index contributed by atoms with van der Waals surface area (Å²) in [5.74, 6) is 1.74. The Labute approximate surface area is 128 Å². The fraction of sp³-hybridized carbons (Fsp3) is 0.667. The fourth-order valence-electron chi connectivity index (χ4n) is 3.33. The lowest BCUT2D eigenvalue weighted by molar-refractivity contribution is 0.223. The molecule has 0 spiro atoms. The van der Waals surface area contributed by atoms with Crippen LogP contribution >= 0.6 is 11.8 Å². The molecule has 2 rings (SSSR count). The quantitative estimate of drug-likeness (QED) is 0.741. The van der Waals surface area contributed by atoms with E-state index in [9.17, 15) is 0 Å². The Balaban J connectivity index is 1.91. The number of hydrogen-bond acceptors (Lipinski definition) is 2. The van der Waals surface area contributed by atoms with Gasteiger partial charge in [-0.3, -0.25) is 0 Å². The summed E-state index contributed by atoms with van der Waals surface area (Å²) < 4.78 is 0. The van der Waals surface area contributed by atoms with Crippen LogP contribution in [0.2, 0.25) is 0 Å². The van der Waals surface area contributed by atoms with Crippen molar-refractivity contribution in [2.45, 2.75) is 63.4 Å². The van der Waals surface area contributed by atoms with Gasteiger partial charge in [0.2, 0.25) is 0 Å². The lowest BCUT2D eigenvalue weighted by Gasteiger charge is -2.34. The SMILES string of the molecule is CSc1ccc(C(C)NC2CCCC(C(C)C)C2)cc1. The molecule has 3 atom stereocenters. The summed E-state index contributed by atoms with van der Waals surface area (Å²) in [5.41, 5.74) is 1.41. The molecule has 0 bridgehead atoms. The van der Waals surface area contributed by atoms with Crippen LogP contribution in [0.1, 0.15) is 58.1 Å². The maximum Gasteiger partial charge on any atom is 0.0294 e. The van der Waals surface area contributed by atoms with Crippen molar-refractivity contribution in [3.63, 3.8) is 0 Å². The van der Waals surface area contributed by atoms with Gasteiger partial charge in [-0.1, -0.05) is 38.8 Å². The zero-order valence-electron chi connectivity index (χ0n) is 13.4. The van der Waals surface area contributed by atoms with E-state index in [-0.39, 0.29) is 0 Å². The van der Waals surface area contributed by atoms with E-state index in [0.29, 0.717) is 12.1 Å². The molecule has 20 heavy (non-hydrogen) atoms. The zero-order chi connectivity index (χ0) is 14.5. The normalized spacial score (nSPS) is 24.9. The molecule has 3 unspecified atom stereocenters. The van der Waals surface area contributed by atoms with Crippen LogP contribution in [-0.2, 0) is 0 Å². The Morgan fingerprint density at radius 3 is 2.40 bits per heavy atom. The third-order valence-corrected chi connectivity index (χ3v) is 5.50. The first-order chi connectivity index (χ1) is 9.60. The third-order valence-electron chi connectivity index (χ3n) is 4.76. The van der Waals surface area contributed by atoms with Crippen LogP contribution in [0.25, 0.3) is 0 Å². The van der Waals surface area contributed by atoms with E-state index in [2.05, 4.69) is 56.6 Å². The first-order valence-electron chi connectivity index (χ1n) is 8.00. The van der Waals surface area contributed by atoms with E-state index >= 15 is 0 Å². The van der Waals surface area contributed by atoms with Crippen LogP contribution in [0.5, 0.6) is 0 Å². The Kier molecular flexibility index (Phi) is 5.98. The number of hydrogen-bond donors (Lipinski definition) is 1. The average molecular weight is 292 g/mol. The molecule has 1 aromatic rings. The Bertz CT molecular complexity index is 398. The lowest BCUT2D eigenvalue weighted by Crippen LogP contribution is -2.37. The van der Waals surface area contributed by atoms with Crippen molar-refractivity contribution in [3.8, 4) is 0 Å². The van der Waals surface area contributed by atoms with Crippen molar-refractivity contribution in [2.75, 3.05) is 6.26 Å². The van der Waals surface area contributed by atoms with Crippen molar-refractivity contribution in [3.05, 3.63) is 29.8 Å². The number of nitrogens with one attached hydrogen (secondary N) is 1. The minimum Gasteiger partial charge on any atom is -0.307 e. The molecule has 1 fully saturated rings. The Morgan fingerprint density at radius 1 is 1.10 bits per heavy atom.